The Kier molecular flexibility index (Phi) is 5.65. The van der Waals surface area contributed by atoms with Gasteiger partial charge in [0.25, 0.3) is 0 Å². The first kappa shape index (κ1) is 17.4. The lowest BCUT2D eigenvalue weighted by Gasteiger charge is -2.34. The van der Waals surface area contributed by atoms with Gasteiger partial charge in [-0.05, 0) is 30.8 Å². The van der Waals surface area contributed by atoms with Crippen LogP contribution in [-0.2, 0) is 11.2 Å². The molecule has 7 nitrogen and oxygen atoms in total. The molecule has 25 heavy (non-hydrogen) atoms. The van der Waals surface area contributed by atoms with Crippen molar-refractivity contribution in [2.24, 2.45) is 0 Å². The van der Waals surface area contributed by atoms with Gasteiger partial charge in [0, 0.05) is 44.6 Å². The molecular formula is C18H24N4O3. The van der Waals surface area contributed by atoms with E-state index in [1.165, 1.54) is 0 Å². The Morgan fingerprint density at radius 1 is 1.20 bits per heavy atom. The molecule has 3 rings (SSSR count). The number of nitrogens with zero attached hydrogens (tertiary/aromatic N) is 4. The average molecular weight is 344 g/mol. The Balaban J connectivity index is 1.52. The SMILES string of the molecule is CCN1CCN(C(=O)CCc2nc(-c3ccc(OC)cc3)no2)CC1. The Morgan fingerprint density at radius 2 is 1.92 bits per heavy atom. The second-order valence-electron chi connectivity index (χ2n) is 6.06. The summed E-state index contributed by atoms with van der Waals surface area (Å²) in [5.41, 5.74) is 0.859. The van der Waals surface area contributed by atoms with Gasteiger partial charge in [-0.1, -0.05) is 12.1 Å². The van der Waals surface area contributed by atoms with E-state index in [1.54, 1.807) is 7.11 Å². The lowest BCUT2D eigenvalue weighted by atomic mass is 10.2. The highest BCUT2D eigenvalue weighted by Crippen LogP contribution is 2.20. The number of piperazine rings is 1. The van der Waals surface area contributed by atoms with Gasteiger partial charge in [-0.2, -0.15) is 4.98 Å². The van der Waals surface area contributed by atoms with Gasteiger partial charge in [0.2, 0.25) is 17.6 Å². The van der Waals surface area contributed by atoms with E-state index in [0.717, 1.165) is 44.0 Å². The van der Waals surface area contributed by atoms with Gasteiger partial charge in [-0.15, -0.1) is 0 Å². The quantitative estimate of drug-likeness (QED) is 0.796. The summed E-state index contributed by atoms with van der Waals surface area (Å²) in [6.07, 6.45) is 0.867. The molecule has 0 saturated carbocycles. The molecule has 7 heteroatoms. The number of benzene rings is 1. The number of carbonyl (C=O) groups excluding carboxylic acids is 1. The fourth-order valence-corrected chi connectivity index (χ4v) is 2.90. The number of methoxy groups -OCH3 is 1. The monoisotopic (exact) mass is 344 g/mol. The summed E-state index contributed by atoms with van der Waals surface area (Å²) < 4.78 is 10.4. The third-order valence-electron chi connectivity index (χ3n) is 4.54. The minimum Gasteiger partial charge on any atom is -0.497 e. The minimum atomic E-state index is 0.153. The first-order chi connectivity index (χ1) is 12.2. The van der Waals surface area contributed by atoms with E-state index in [9.17, 15) is 4.79 Å². The second-order valence-corrected chi connectivity index (χ2v) is 6.06. The summed E-state index contributed by atoms with van der Waals surface area (Å²) in [6.45, 7) is 6.68. The van der Waals surface area contributed by atoms with Crippen LogP contribution in [-0.4, -0.2) is 65.7 Å². The minimum absolute atomic E-state index is 0.153. The number of ether oxygens (including phenoxy) is 1. The number of rotatable bonds is 6. The third-order valence-corrected chi connectivity index (χ3v) is 4.54. The Bertz CT molecular complexity index is 691. The highest BCUT2D eigenvalue weighted by Gasteiger charge is 2.20. The number of hydrogen-bond acceptors (Lipinski definition) is 6. The molecule has 0 N–H and O–H groups in total. The molecule has 1 amide bonds. The summed E-state index contributed by atoms with van der Waals surface area (Å²) >= 11 is 0. The fourth-order valence-electron chi connectivity index (χ4n) is 2.90. The lowest BCUT2D eigenvalue weighted by molar-refractivity contribution is -0.132. The molecule has 2 heterocycles. The van der Waals surface area contributed by atoms with Crippen molar-refractivity contribution < 1.29 is 14.1 Å². The Labute approximate surface area is 147 Å². The molecule has 1 aromatic carbocycles. The Hall–Kier alpha value is -2.41. The van der Waals surface area contributed by atoms with Crippen LogP contribution < -0.4 is 4.74 Å². The molecule has 0 atom stereocenters. The van der Waals surface area contributed by atoms with Crippen LogP contribution in [0.5, 0.6) is 5.75 Å². The van der Waals surface area contributed by atoms with Gasteiger partial charge in [-0.3, -0.25) is 4.79 Å². The third kappa shape index (κ3) is 4.36. The highest BCUT2D eigenvalue weighted by molar-refractivity contribution is 5.76. The van der Waals surface area contributed by atoms with Crippen LogP contribution in [0.25, 0.3) is 11.4 Å². The van der Waals surface area contributed by atoms with Crippen LogP contribution >= 0.6 is 0 Å². The summed E-state index contributed by atoms with van der Waals surface area (Å²) in [5.74, 6) is 1.95. The zero-order valence-corrected chi connectivity index (χ0v) is 14.8. The highest BCUT2D eigenvalue weighted by atomic mass is 16.5. The van der Waals surface area contributed by atoms with Gasteiger partial charge >= 0.3 is 0 Å². The molecule has 1 aromatic heterocycles. The largest absolute Gasteiger partial charge is 0.497 e. The van der Waals surface area contributed by atoms with Crippen molar-refractivity contribution in [3.05, 3.63) is 30.2 Å². The Morgan fingerprint density at radius 3 is 2.56 bits per heavy atom. The van der Waals surface area contributed by atoms with Gasteiger partial charge in [0.1, 0.15) is 5.75 Å². The van der Waals surface area contributed by atoms with Crippen LogP contribution in [0.15, 0.2) is 28.8 Å². The predicted octanol–water partition coefficient (Wildman–Crippen LogP) is 1.84. The summed E-state index contributed by atoms with van der Waals surface area (Å²) in [5, 5.41) is 3.99. The summed E-state index contributed by atoms with van der Waals surface area (Å²) in [6, 6.07) is 7.47. The first-order valence-corrected chi connectivity index (χ1v) is 8.66. The van der Waals surface area contributed by atoms with E-state index in [0.29, 0.717) is 24.6 Å². The second kappa shape index (κ2) is 8.11. The molecule has 0 radical (unpaired) electrons. The van der Waals surface area contributed by atoms with Gasteiger partial charge in [0.15, 0.2) is 0 Å². The molecule has 134 valence electrons. The van der Waals surface area contributed by atoms with E-state index in [4.69, 9.17) is 9.26 Å². The smallest absolute Gasteiger partial charge is 0.227 e. The zero-order valence-electron chi connectivity index (χ0n) is 14.8. The predicted molar refractivity (Wildman–Crippen MR) is 93.3 cm³/mol. The van der Waals surface area contributed by atoms with Crippen molar-refractivity contribution in [3.63, 3.8) is 0 Å². The molecule has 0 aliphatic carbocycles. The van der Waals surface area contributed by atoms with Crippen molar-refractivity contribution in [2.75, 3.05) is 39.8 Å². The normalized spacial score (nSPS) is 15.4. The maximum Gasteiger partial charge on any atom is 0.227 e. The standard InChI is InChI=1S/C18H24N4O3/c1-3-21-10-12-22(13-11-21)17(23)9-8-16-19-18(20-25-16)14-4-6-15(24-2)7-5-14/h4-7H,3,8-13H2,1-2H3. The number of hydrogen-bond donors (Lipinski definition) is 0. The number of aromatic nitrogens is 2. The fraction of sp³-hybridized carbons (Fsp3) is 0.500. The van der Waals surface area contributed by atoms with E-state index in [-0.39, 0.29) is 5.91 Å². The number of carbonyl (C=O) groups is 1. The van der Waals surface area contributed by atoms with E-state index < -0.39 is 0 Å². The molecule has 1 aliphatic rings. The first-order valence-electron chi connectivity index (χ1n) is 8.66. The van der Waals surface area contributed by atoms with Crippen LogP contribution in [0.1, 0.15) is 19.2 Å². The average Bonchev–Trinajstić information content (AvgIpc) is 3.15. The van der Waals surface area contributed by atoms with Crippen LogP contribution in [0.3, 0.4) is 0 Å². The van der Waals surface area contributed by atoms with E-state index in [2.05, 4.69) is 22.0 Å². The zero-order chi connectivity index (χ0) is 17.6. The van der Waals surface area contributed by atoms with Crippen LogP contribution in [0.2, 0.25) is 0 Å². The molecule has 1 aliphatic heterocycles. The maximum absolute atomic E-state index is 12.3. The molecule has 0 bridgehead atoms. The van der Waals surface area contributed by atoms with Gasteiger partial charge in [-0.25, -0.2) is 0 Å². The molecule has 0 spiro atoms. The summed E-state index contributed by atoms with van der Waals surface area (Å²) in [7, 11) is 1.63. The van der Waals surface area contributed by atoms with Crippen molar-refractivity contribution in [1.29, 1.82) is 0 Å². The van der Waals surface area contributed by atoms with Gasteiger partial charge in [0.05, 0.1) is 7.11 Å². The van der Waals surface area contributed by atoms with E-state index >= 15 is 0 Å². The van der Waals surface area contributed by atoms with Crippen molar-refractivity contribution in [2.45, 2.75) is 19.8 Å². The molecule has 1 fully saturated rings. The van der Waals surface area contributed by atoms with Crippen molar-refractivity contribution in [3.8, 4) is 17.1 Å². The maximum atomic E-state index is 12.3. The van der Waals surface area contributed by atoms with Crippen molar-refractivity contribution >= 4 is 5.91 Å². The number of amides is 1. The van der Waals surface area contributed by atoms with Crippen LogP contribution in [0.4, 0.5) is 0 Å². The molecule has 2 aromatic rings. The molecular weight excluding hydrogens is 320 g/mol. The van der Waals surface area contributed by atoms with Crippen molar-refractivity contribution in [1.82, 2.24) is 19.9 Å². The topological polar surface area (TPSA) is 71.7 Å². The van der Waals surface area contributed by atoms with E-state index in [1.807, 2.05) is 29.2 Å². The van der Waals surface area contributed by atoms with Crippen LogP contribution in [0, 0.1) is 0 Å². The number of likely N-dealkylation sites (N-methyl/N-ethyl adjacent to an activating group) is 1. The molecule has 0 unspecified atom stereocenters. The lowest BCUT2D eigenvalue weighted by Crippen LogP contribution is -2.48. The molecule has 1 saturated heterocycles. The van der Waals surface area contributed by atoms with Gasteiger partial charge < -0.3 is 19.1 Å². The number of aryl methyl sites for hydroxylation is 1. The summed E-state index contributed by atoms with van der Waals surface area (Å²) in [4.78, 5) is 21.0.